The van der Waals surface area contributed by atoms with Crippen LogP contribution in [0.25, 0.3) is 0 Å². The topological polar surface area (TPSA) is 244 Å². The molecular formula is C30H40N2O14P4. The quantitative estimate of drug-likeness (QED) is 0.0944. The molecule has 3 rings (SSSR count). The molecule has 0 aliphatic heterocycles. The Balaban J connectivity index is 1.69. The molecule has 4 atom stereocenters. The number of rotatable bonds is 18. The molecule has 20 heteroatoms. The Hall–Kier alpha value is -2.80. The minimum absolute atomic E-state index is 0.0834. The highest BCUT2D eigenvalue weighted by Crippen LogP contribution is 2.48. The molecule has 0 heterocycles. The second-order valence-electron chi connectivity index (χ2n) is 11.2. The van der Waals surface area contributed by atoms with Crippen molar-refractivity contribution in [3.63, 3.8) is 0 Å². The van der Waals surface area contributed by atoms with Gasteiger partial charge in [0.15, 0.2) is 0 Å². The van der Waals surface area contributed by atoms with Gasteiger partial charge in [-0.05, 0) is 57.6 Å². The van der Waals surface area contributed by atoms with Crippen LogP contribution in [0, 0.1) is 0 Å². The highest BCUT2D eigenvalue weighted by Gasteiger charge is 2.25. The van der Waals surface area contributed by atoms with E-state index >= 15 is 0 Å². The van der Waals surface area contributed by atoms with Crippen molar-refractivity contribution < 1.29 is 65.5 Å². The van der Waals surface area contributed by atoms with Crippen LogP contribution in [-0.4, -0.2) is 59.8 Å². The number of carbonyl (C=O) groups excluding carboxylic acids is 2. The Labute approximate surface area is 289 Å². The normalized spacial score (nSPS) is 16.3. The molecule has 2 amide bonds. The number of hydrogen-bond acceptors (Lipinski definition) is 10. The maximum atomic E-state index is 13.1. The van der Waals surface area contributed by atoms with Gasteiger partial charge in [-0.1, -0.05) is 36.4 Å². The highest BCUT2D eigenvalue weighted by atomic mass is 31.2. The molecule has 0 fully saturated rings. The van der Waals surface area contributed by atoms with Crippen LogP contribution in [-0.2, 0) is 74.1 Å². The molecule has 3 aromatic carbocycles. The molecule has 0 aromatic heterocycles. The van der Waals surface area contributed by atoms with Crippen LogP contribution < -0.4 is 10.6 Å². The highest BCUT2D eigenvalue weighted by molar-refractivity contribution is 7.52. The lowest BCUT2D eigenvalue weighted by atomic mass is 10.1. The van der Waals surface area contributed by atoms with E-state index in [9.17, 15) is 47.4 Å². The fourth-order valence-electron chi connectivity index (χ4n) is 4.68. The van der Waals surface area contributed by atoms with Crippen LogP contribution in [0.2, 0.25) is 0 Å². The molecule has 0 saturated heterocycles. The summed E-state index contributed by atoms with van der Waals surface area (Å²) in [6.07, 6.45) is -1.71. The summed E-state index contributed by atoms with van der Waals surface area (Å²) in [6.45, 7) is 0.167. The lowest BCUT2D eigenvalue weighted by Gasteiger charge is -2.15. The van der Waals surface area contributed by atoms with Crippen molar-refractivity contribution in [2.75, 3.05) is 28.4 Å². The van der Waals surface area contributed by atoms with Gasteiger partial charge in [0.25, 0.3) is 11.8 Å². The van der Waals surface area contributed by atoms with Crippen molar-refractivity contribution in [1.29, 1.82) is 0 Å². The molecule has 0 saturated carbocycles. The number of nitrogens with one attached hydrogen (secondary N) is 2. The Morgan fingerprint density at radius 2 is 0.720 bits per heavy atom. The molecule has 0 bridgehead atoms. The van der Waals surface area contributed by atoms with E-state index in [0.717, 1.165) is 28.4 Å². The third-order valence-electron chi connectivity index (χ3n) is 7.23. The maximum Gasteiger partial charge on any atom is 0.332 e. The lowest BCUT2D eigenvalue weighted by Crippen LogP contribution is -2.24. The summed E-state index contributed by atoms with van der Waals surface area (Å²) < 4.78 is 67.2. The zero-order chi connectivity index (χ0) is 37.3. The predicted molar refractivity (Wildman–Crippen MR) is 184 cm³/mol. The molecule has 50 heavy (non-hydrogen) atoms. The van der Waals surface area contributed by atoms with Gasteiger partial charge < -0.3 is 48.3 Å². The summed E-state index contributed by atoms with van der Waals surface area (Å²) in [5.41, 5.74) is 2.55. The smallest absolute Gasteiger partial charge is 0.332 e. The van der Waals surface area contributed by atoms with Crippen molar-refractivity contribution in [3.05, 3.63) is 105 Å². The molecule has 0 aliphatic rings. The second kappa shape index (κ2) is 17.6. The molecule has 0 aliphatic carbocycles. The minimum Gasteiger partial charge on any atom is -0.348 e. The van der Waals surface area contributed by atoms with Crippen LogP contribution in [0.1, 0.15) is 54.1 Å². The first-order chi connectivity index (χ1) is 23.3. The second-order valence-corrected chi connectivity index (χ2v) is 19.0. The van der Waals surface area contributed by atoms with Crippen LogP contribution in [0.4, 0.5) is 0 Å². The molecule has 4 unspecified atom stereocenters. The zero-order valence-electron chi connectivity index (χ0n) is 27.7. The summed E-state index contributed by atoms with van der Waals surface area (Å²) in [6, 6.07) is 15.3. The Morgan fingerprint density at radius 3 is 0.940 bits per heavy atom. The van der Waals surface area contributed by atoms with E-state index in [1.54, 1.807) is 24.3 Å². The van der Waals surface area contributed by atoms with Crippen molar-refractivity contribution in [1.82, 2.24) is 10.6 Å². The molecule has 274 valence electrons. The largest absolute Gasteiger partial charge is 0.348 e. The van der Waals surface area contributed by atoms with Crippen LogP contribution in [0.3, 0.4) is 0 Å². The predicted octanol–water partition coefficient (Wildman–Crippen LogP) is 4.87. The maximum absolute atomic E-state index is 13.1. The standard InChI is InChI=1S/C30H40N2O14P4/c1-43-47(35,36)17-23-9-24(18-48(37,38)44-2)12-27(11-23)29(33)31-15-21-5-7-22(8-6-21)16-32-30(34)28-13-25(19-49(39,40)45-3)10-26(14-28)20-50(41,42)46-4/h5-14H,15-20H2,1-4H3,(H,31,33)(H,32,34)(H,35,36)(H,37,38)(H,39,40)(H,41,42). The van der Waals surface area contributed by atoms with Gasteiger partial charge in [0.1, 0.15) is 0 Å². The molecule has 3 aromatic rings. The number of benzene rings is 3. The summed E-state index contributed by atoms with van der Waals surface area (Å²) in [7, 11) is -11.8. The SMILES string of the molecule is COP(=O)(O)Cc1cc(CP(=O)(O)OC)cc(C(=O)NCc2ccc(CNC(=O)c3cc(CP(=O)(O)OC)cc(CP(=O)(O)OC)c3)cc2)c1. The van der Waals surface area contributed by atoms with Crippen molar-refractivity contribution in [2.24, 2.45) is 0 Å². The van der Waals surface area contributed by atoms with E-state index < -0.39 is 66.8 Å². The van der Waals surface area contributed by atoms with Crippen molar-refractivity contribution in [3.8, 4) is 0 Å². The molecule has 0 spiro atoms. The van der Waals surface area contributed by atoms with Gasteiger partial charge in [0.05, 0.1) is 24.6 Å². The first-order valence-corrected chi connectivity index (χ1v) is 21.7. The van der Waals surface area contributed by atoms with E-state index in [0.29, 0.717) is 11.1 Å². The third kappa shape index (κ3) is 13.4. The van der Waals surface area contributed by atoms with Crippen LogP contribution in [0.5, 0.6) is 0 Å². The minimum atomic E-state index is -4.01. The third-order valence-corrected chi connectivity index (χ3v) is 12.6. The zero-order valence-corrected chi connectivity index (χ0v) is 31.3. The van der Waals surface area contributed by atoms with Gasteiger partial charge >= 0.3 is 30.4 Å². The summed E-state index contributed by atoms with van der Waals surface area (Å²) in [5.74, 6) is -1.10. The first-order valence-electron chi connectivity index (χ1n) is 14.7. The number of hydrogen-bond donors (Lipinski definition) is 6. The van der Waals surface area contributed by atoms with E-state index in [1.165, 1.54) is 36.4 Å². The fourth-order valence-corrected chi connectivity index (χ4v) is 7.77. The van der Waals surface area contributed by atoms with Crippen molar-refractivity contribution >= 4 is 42.2 Å². The number of amides is 2. The van der Waals surface area contributed by atoms with E-state index in [-0.39, 0.29) is 46.5 Å². The Bertz CT molecular complexity index is 1660. The van der Waals surface area contributed by atoms with E-state index in [1.807, 2.05) is 0 Å². The molecule has 6 N–H and O–H groups in total. The summed E-state index contributed by atoms with van der Waals surface area (Å²) >= 11 is 0. The average molecular weight is 777 g/mol. The first kappa shape index (κ1) is 41.6. The molecular weight excluding hydrogens is 736 g/mol. The van der Waals surface area contributed by atoms with Gasteiger partial charge in [-0.15, -0.1) is 0 Å². The number of carbonyl (C=O) groups is 2. The van der Waals surface area contributed by atoms with Crippen molar-refractivity contribution in [2.45, 2.75) is 37.7 Å². The van der Waals surface area contributed by atoms with Gasteiger partial charge in [-0.3, -0.25) is 27.8 Å². The van der Waals surface area contributed by atoms with Gasteiger partial charge in [0, 0.05) is 52.7 Å². The average Bonchev–Trinajstić information content (AvgIpc) is 3.05. The summed E-state index contributed by atoms with van der Waals surface area (Å²) in [5, 5.41) is 5.48. The van der Waals surface area contributed by atoms with E-state index in [2.05, 4.69) is 28.7 Å². The monoisotopic (exact) mass is 776 g/mol. The molecule has 0 radical (unpaired) electrons. The Morgan fingerprint density at radius 1 is 0.480 bits per heavy atom. The summed E-state index contributed by atoms with van der Waals surface area (Å²) in [4.78, 5) is 65.8. The van der Waals surface area contributed by atoms with E-state index in [4.69, 9.17) is 0 Å². The fraction of sp³-hybridized carbons (Fsp3) is 0.333. The van der Waals surface area contributed by atoms with Gasteiger partial charge in [-0.25, -0.2) is 0 Å². The van der Waals surface area contributed by atoms with Crippen LogP contribution >= 0.6 is 30.4 Å². The molecule has 16 nitrogen and oxygen atoms in total. The van der Waals surface area contributed by atoms with Crippen LogP contribution in [0.15, 0.2) is 60.7 Å². The lowest BCUT2D eigenvalue weighted by molar-refractivity contribution is 0.0942. The van der Waals surface area contributed by atoms with Gasteiger partial charge in [-0.2, -0.15) is 0 Å². The van der Waals surface area contributed by atoms with Gasteiger partial charge in [0.2, 0.25) is 0 Å². The Kier molecular flexibility index (Phi) is 14.7.